The summed E-state index contributed by atoms with van der Waals surface area (Å²) < 4.78 is 5.57. The van der Waals surface area contributed by atoms with E-state index in [2.05, 4.69) is 0 Å². The summed E-state index contributed by atoms with van der Waals surface area (Å²) >= 11 is 1.68. The molecule has 4 aliphatic rings. The molecule has 1 aromatic rings. The van der Waals surface area contributed by atoms with Crippen molar-refractivity contribution in [3.8, 4) is 5.75 Å². The minimum atomic E-state index is -2.94. The third-order valence-corrected chi connectivity index (χ3v) is 10.3. The summed E-state index contributed by atoms with van der Waals surface area (Å²) in [5.41, 5.74) is 1.67. The lowest BCUT2D eigenvalue weighted by atomic mass is 9.54. The Bertz CT molecular complexity index is 1350. The quantitative estimate of drug-likeness (QED) is 0.234. The summed E-state index contributed by atoms with van der Waals surface area (Å²) in [6, 6.07) is 3.28. The fourth-order valence-corrected chi connectivity index (χ4v) is 8.62. The first kappa shape index (κ1) is 28.2. The van der Waals surface area contributed by atoms with E-state index in [1.54, 1.807) is 23.9 Å². The summed E-state index contributed by atoms with van der Waals surface area (Å²) in [5, 5.41) is 45.7. The maximum absolute atomic E-state index is 14.3. The van der Waals surface area contributed by atoms with E-state index < -0.39 is 70.1 Å². The molecule has 0 spiro atoms. The highest BCUT2D eigenvalue weighted by Crippen LogP contribution is 2.57. The first-order valence-electron chi connectivity index (χ1n) is 13.1. The molecule has 5 rings (SSSR count). The molecule has 1 amide bonds. The van der Waals surface area contributed by atoms with Crippen LogP contribution in [0.2, 0.25) is 0 Å². The van der Waals surface area contributed by atoms with Gasteiger partial charge in [0.15, 0.2) is 11.4 Å². The number of aliphatic hydroxyl groups is 3. The van der Waals surface area contributed by atoms with Gasteiger partial charge in [-0.1, -0.05) is 25.0 Å². The Morgan fingerprint density at radius 1 is 1.20 bits per heavy atom. The van der Waals surface area contributed by atoms with Crippen molar-refractivity contribution in [2.24, 2.45) is 17.6 Å². The van der Waals surface area contributed by atoms with Crippen LogP contribution in [0.5, 0.6) is 5.75 Å². The Kier molecular flexibility index (Phi) is 7.22. The number of hydrogen-bond donors (Lipinski definition) is 5. The van der Waals surface area contributed by atoms with Crippen LogP contribution >= 0.6 is 11.8 Å². The first-order valence-corrected chi connectivity index (χ1v) is 14.2. The normalized spacial score (nSPS) is 32.1. The maximum Gasteiger partial charge on any atom is 0.293 e. The number of carbonyl (C=O) groups is 4. The lowest BCUT2D eigenvalue weighted by molar-refractivity contribution is -0.178. The van der Waals surface area contributed by atoms with E-state index in [9.17, 15) is 39.6 Å². The lowest BCUT2D eigenvalue weighted by Gasteiger charge is -2.54. The van der Waals surface area contributed by atoms with Crippen LogP contribution in [0.15, 0.2) is 35.1 Å². The predicted octanol–water partition coefficient (Wildman–Crippen LogP) is 1.33. The largest absolute Gasteiger partial charge is 0.508 e. The maximum atomic E-state index is 14.3. The minimum Gasteiger partial charge on any atom is -0.508 e. The Morgan fingerprint density at radius 3 is 2.48 bits per heavy atom. The van der Waals surface area contributed by atoms with Gasteiger partial charge in [-0.3, -0.25) is 24.1 Å². The SMILES string of the molecule is CN(C)[C@@H]1C(=O)C(C(N)=O)=C(O)[C@@]2(O)C(=O)C3=C(O)c4c(O)cccc4[C@H](CSC4CCCC4)[C@H]3[C@H](OC=O)[C@@H]12. The number of Topliss-reactive ketones (excluding diaryl/α,β-unsaturated/α-hetero) is 2. The molecule has 2 saturated carbocycles. The van der Waals surface area contributed by atoms with Crippen molar-refractivity contribution >= 4 is 41.5 Å². The predicted molar refractivity (Wildman–Crippen MR) is 144 cm³/mol. The number of carbonyl (C=O) groups excluding carboxylic acids is 4. The molecule has 1 aromatic carbocycles. The van der Waals surface area contributed by atoms with Gasteiger partial charge in [-0.25, -0.2) is 0 Å². The van der Waals surface area contributed by atoms with Gasteiger partial charge in [-0.2, -0.15) is 11.8 Å². The number of aromatic hydroxyl groups is 1. The van der Waals surface area contributed by atoms with E-state index >= 15 is 0 Å². The Morgan fingerprint density at radius 2 is 1.88 bits per heavy atom. The Labute approximate surface area is 234 Å². The number of fused-ring (bicyclic) bond motifs is 3. The molecule has 214 valence electrons. The second-order valence-electron chi connectivity index (χ2n) is 11.1. The average molecular weight is 573 g/mol. The minimum absolute atomic E-state index is 0.000615. The van der Waals surface area contributed by atoms with Gasteiger partial charge in [0.2, 0.25) is 5.78 Å². The van der Waals surface area contributed by atoms with E-state index in [0.29, 0.717) is 16.6 Å². The Hall–Kier alpha value is -3.35. The van der Waals surface area contributed by atoms with Crippen molar-refractivity contribution in [2.75, 3.05) is 19.8 Å². The zero-order valence-corrected chi connectivity index (χ0v) is 22.9. The Balaban J connectivity index is 1.78. The van der Waals surface area contributed by atoms with E-state index in [4.69, 9.17) is 10.5 Å². The summed E-state index contributed by atoms with van der Waals surface area (Å²) in [5.74, 6) is -8.37. The molecule has 40 heavy (non-hydrogen) atoms. The van der Waals surface area contributed by atoms with Crippen LogP contribution in [0.4, 0.5) is 0 Å². The summed E-state index contributed by atoms with van der Waals surface area (Å²) in [6.07, 6.45) is 2.84. The molecule has 6 atom stereocenters. The first-order chi connectivity index (χ1) is 19.0. The van der Waals surface area contributed by atoms with Crippen molar-refractivity contribution in [2.45, 2.75) is 54.6 Å². The monoisotopic (exact) mass is 572 g/mol. The van der Waals surface area contributed by atoms with Gasteiger partial charge in [0.05, 0.1) is 17.5 Å². The number of ketones is 2. The third-order valence-electron chi connectivity index (χ3n) is 8.80. The number of phenolic OH excluding ortho intramolecular Hbond substituents is 1. The second kappa shape index (κ2) is 10.2. The summed E-state index contributed by atoms with van der Waals surface area (Å²) in [7, 11) is 2.97. The average Bonchev–Trinajstić information content (AvgIpc) is 3.41. The molecular weight excluding hydrogens is 540 g/mol. The van der Waals surface area contributed by atoms with E-state index in [1.165, 1.54) is 25.1 Å². The number of phenols is 1. The van der Waals surface area contributed by atoms with Gasteiger partial charge in [0.25, 0.3) is 12.4 Å². The van der Waals surface area contributed by atoms with Crippen LogP contribution in [-0.4, -0.2) is 92.1 Å². The number of thioether (sulfide) groups is 1. The standard InChI is InChI=1S/C28H32N2O9S/c1-30(2)21-20-24(39-11-31)17-14(10-40-12-6-3-4-7-12)13-8-5-9-15(32)16(13)22(33)18(17)25(35)28(20,38)26(36)19(23(21)34)27(29)37/h5,8-9,11-12,14,17,20-21,24,32-33,36,38H,3-4,6-7,10H2,1-2H3,(H2,29,37)/t14-,17+,20+,21-,24-,28-/m0/s1. The molecule has 6 N–H and O–H groups in total. The number of nitrogens with zero attached hydrogens (tertiary/aromatic N) is 1. The molecule has 11 nitrogen and oxygen atoms in total. The van der Waals surface area contributed by atoms with Crippen molar-refractivity contribution in [1.82, 2.24) is 4.90 Å². The fourth-order valence-electron chi connectivity index (χ4n) is 7.09. The van der Waals surface area contributed by atoms with E-state index in [1.807, 2.05) is 0 Å². The van der Waals surface area contributed by atoms with Crippen molar-refractivity contribution < 1.29 is 44.3 Å². The number of hydrogen-bond acceptors (Lipinski definition) is 11. The number of rotatable bonds is 7. The molecule has 2 fully saturated rings. The van der Waals surface area contributed by atoms with E-state index in [-0.39, 0.29) is 23.4 Å². The number of benzene rings is 1. The van der Waals surface area contributed by atoms with Gasteiger partial charge >= 0.3 is 0 Å². The van der Waals surface area contributed by atoms with Crippen LogP contribution in [-0.2, 0) is 23.9 Å². The second-order valence-corrected chi connectivity index (χ2v) is 12.4. The van der Waals surface area contributed by atoms with Crippen LogP contribution in [0.1, 0.15) is 42.7 Å². The molecule has 0 aliphatic heterocycles. The summed E-state index contributed by atoms with van der Waals surface area (Å²) in [6.45, 7) is 0.135. The highest BCUT2D eigenvalue weighted by Gasteiger charge is 2.69. The number of amides is 1. The van der Waals surface area contributed by atoms with Crippen molar-refractivity contribution in [1.29, 1.82) is 0 Å². The third kappa shape index (κ3) is 3.95. The van der Waals surface area contributed by atoms with Gasteiger partial charge < -0.3 is 30.9 Å². The smallest absolute Gasteiger partial charge is 0.293 e. The molecule has 12 heteroatoms. The van der Waals surface area contributed by atoms with Crippen molar-refractivity contribution in [3.05, 3.63) is 46.2 Å². The highest BCUT2D eigenvalue weighted by molar-refractivity contribution is 7.99. The summed E-state index contributed by atoms with van der Waals surface area (Å²) in [4.78, 5) is 53.3. The number of primary amides is 1. The number of aliphatic hydroxyl groups excluding tert-OH is 2. The molecular formula is C28H32N2O9S. The van der Waals surface area contributed by atoms with Crippen molar-refractivity contribution in [3.63, 3.8) is 0 Å². The molecule has 0 heterocycles. The number of ether oxygens (including phenoxy) is 1. The lowest BCUT2D eigenvalue weighted by Crippen LogP contribution is -2.71. The van der Waals surface area contributed by atoms with Crippen LogP contribution in [0.25, 0.3) is 5.76 Å². The van der Waals surface area contributed by atoms with Gasteiger partial charge in [-0.15, -0.1) is 0 Å². The van der Waals surface area contributed by atoms with E-state index in [0.717, 1.165) is 25.7 Å². The van der Waals surface area contributed by atoms with Crippen LogP contribution < -0.4 is 5.73 Å². The highest BCUT2D eigenvalue weighted by atomic mass is 32.2. The van der Waals surface area contributed by atoms with Crippen LogP contribution in [0.3, 0.4) is 0 Å². The van der Waals surface area contributed by atoms with Crippen LogP contribution in [0, 0.1) is 11.8 Å². The number of likely N-dealkylation sites (N-methyl/N-ethyl adjacent to an activating group) is 1. The van der Waals surface area contributed by atoms with Gasteiger partial charge in [0.1, 0.15) is 28.9 Å². The zero-order chi connectivity index (χ0) is 29.1. The van der Waals surface area contributed by atoms with Gasteiger partial charge in [0, 0.05) is 28.4 Å². The molecule has 0 saturated heterocycles. The zero-order valence-electron chi connectivity index (χ0n) is 22.1. The van der Waals surface area contributed by atoms with Gasteiger partial charge in [-0.05, 0) is 38.6 Å². The number of nitrogens with two attached hydrogens (primary N) is 1. The fraction of sp³-hybridized carbons (Fsp3) is 0.500. The molecule has 4 aliphatic carbocycles. The molecule has 0 aromatic heterocycles. The molecule has 0 radical (unpaired) electrons. The molecule has 0 bridgehead atoms. The molecule has 0 unspecified atom stereocenters. The topological polar surface area (TPSA) is 188 Å².